The summed E-state index contributed by atoms with van der Waals surface area (Å²) in [6, 6.07) is 9.17. The summed E-state index contributed by atoms with van der Waals surface area (Å²) in [4.78, 5) is 0. The van der Waals surface area contributed by atoms with Crippen LogP contribution in [0.5, 0.6) is 5.75 Å². The van der Waals surface area contributed by atoms with Gasteiger partial charge < -0.3 is 10.1 Å². The second-order valence-electron chi connectivity index (χ2n) is 6.80. The molecule has 2 nitrogen and oxygen atoms in total. The number of nitrogens with one attached hydrogen (secondary N) is 1. The molecule has 0 amide bonds. The first-order valence-electron chi connectivity index (χ1n) is 7.42. The first-order chi connectivity index (χ1) is 8.97. The zero-order valence-corrected chi connectivity index (χ0v) is 12.7. The summed E-state index contributed by atoms with van der Waals surface area (Å²) in [5.74, 6) is 1.68. The van der Waals surface area contributed by atoms with Gasteiger partial charge in [-0.3, -0.25) is 0 Å². The highest BCUT2D eigenvalue weighted by atomic mass is 16.5. The van der Waals surface area contributed by atoms with Crippen LogP contribution in [-0.4, -0.2) is 12.6 Å². The maximum atomic E-state index is 5.72. The average Bonchev–Trinajstić information content (AvgIpc) is 2.96. The van der Waals surface area contributed by atoms with Gasteiger partial charge in [-0.15, -0.1) is 0 Å². The van der Waals surface area contributed by atoms with E-state index in [1.807, 2.05) is 0 Å². The van der Waals surface area contributed by atoms with Crippen LogP contribution in [0.3, 0.4) is 0 Å². The Morgan fingerprint density at radius 1 is 1.26 bits per heavy atom. The van der Waals surface area contributed by atoms with Crippen LogP contribution in [0.2, 0.25) is 0 Å². The lowest BCUT2D eigenvalue weighted by Crippen LogP contribution is -2.19. The van der Waals surface area contributed by atoms with Crippen molar-refractivity contribution in [1.82, 2.24) is 5.32 Å². The van der Waals surface area contributed by atoms with Crippen molar-refractivity contribution in [3.8, 4) is 5.75 Å². The molecule has 1 aromatic carbocycles. The molecule has 1 N–H and O–H groups in total. The number of ether oxygens (including phenoxy) is 1. The summed E-state index contributed by atoms with van der Waals surface area (Å²) < 4.78 is 5.72. The van der Waals surface area contributed by atoms with Gasteiger partial charge in [-0.1, -0.05) is 39.8 Å². The van der Waals surface area contributed by atoms with Crippen LogP contribution < -0.4 is 10.1 Å². The SMILES string of the molecule is CC(C)CCOc1ccc(CNC2CC2(C)C)cc1. The molecule has 0 spiro atoms. The Morgan fingerprint density at radius 2 is 1.89 bits per heavy atom. The van der Waals surface area contributed by atoms with E-state index in [4.69, 9.17) is 4.74 Å². The molecule has 0 bridgehead atoms. The van der Waals surface area contributed by atoms with Crippen molar-refractivity contribution < 1.29 is 4.74 Å². The van der Waals surface area contributed by atoms with Gasteiger partial charge in [0.05, 0.1) is 6.61 Å². The Hall–Kier alpha value is -1.02. The minimum atomic E-state index is 0.500. The standard InChI is InChI=1S/C17H27NO/c1-13(2)9-10-19-15-7-5-14(6-8-15)12-18-16-11-17(16,3)4/h5-8,13,16,18H,9-12H2,1-4H3. The molecule has 19 heavy (non-hydrogen) atoms. The van der Waals surface area contributed by atoms with Crippen molar-refractivity contribution in [2.45, 2.75) is 53.1 Å². The first kappa shape index (κ1) is 14.4. The Morgan fingerprint density at radius 3 is 2.42 bits per heavy atom. The molecule has 1 saturated carbocycles. The zero-order valence-electron chi connectivity index (χ0n) is 12.7. The molecular weight excluding hydrogens is 234 g/mol. The van der Waals surface area contributed by atoms with E-state index in [-0.39, 0.29) is 0 Å². The van der Waals surface area contributed by atoms with Gasteiger partial charge in [0.1, 0.15) is 5.75 Å². The minimum absolute atomic E-state index is 0.500. The lowest BCUT2D eigenvalue weighted by atomic mass is 10.1. The Kier molecular flexibility index (Phi) is 4.51. The van der Waals surface area contributed by atoms with E-state index in [0.29, 0.717) is 17.4 Å². The monoisotopic (exact) mass is 261 g/mol. The molecule has 1 aliphatic rings. The minimum Gasteiger partial charge on any atom is -0.494 e. The molecule has 0 radical (unpaired) electrons. The van der Waals surface area contributed by atoms with Crippen LogP contribution in [0.4, 0.5) is 0 Å². The molecule has 2 rings (SSSR count). The largest absolute Gasteiger partial charge is 0.494 e. The Bertz CT molecular complexity index is 394. The highest BCUT2D eigenvalue weighted by molar-refractivity contribution is 5.27. The van der Waals surface area contributed by atoms with Gasteiger partial charge >= 0.3 is 0 Å². The zero-order chi connectivity index (χ0) is 13.9. The molecule has 0 saturated heterocycles. The molecule has 2 heteroatoms. The second kappa shape index (κ2) is 5.96. The van der Waals surface area contributed by atoms with Gasteiger partial charge in [-0.2, -0.15) is 0 Å². The number of hydrogen-bond donors (Lipinski definition) is 1. The highest BCUT2D eigenvalue weighted by Gasteiger charge is 2.44. The average molecular weight is 261 g/mol. The van der Waals surface area contributed by atoms with Crippen LogP contribution in [0.15, 0.2) is 24.3 Å². The molecular formula is C17H27NO. The first-order valence-corrected chi connectivity index (χ1v) is 7.42. The number of hydrogen-bond acceptors (Lipinski definition) is 2. The molecule has 0 aromatic heterocycles. The number of benzene rings is 1. The van der Waals surface area contributed by atoms with Crippen LogP contribution in [-0.2, 0) is 6.54 Å². The molecule has 1 aliphatic carbocycles. The second-order valence-corrected chi connectivity index (χ2v) is 6.80. The van der Waals surface area contributed by atoms with Crippen molar-refractivity contribution in [2.24, 2.45) is 11.3 Å². The highest BCUT2D eigenvalue weighted by Crippen LogP contribution is 2.44. The van der Waals surface area contributed by atoms with Crippen LogP contribution in [0.1, 0.15) is 46.1 Å². The molecule has 1 unspecified atom stereocenters. The third kappa shape index (κ3) is 4.54. The third-order valence-electron chi connectivity index (χ3n) is 3.95. The Labute approximate surface area is 117 Å². The number of rotatable bonds is 7. The van der Waals surface area contributed by atoms with Crippen LogP contribution in [0.25, 0.3) is 0 Å². The topological polar surface area (TPSA) is 21.3 Å². The predicted molar refractivity (Wildman–Crippen MR) is 80.4 cm³/mol. The molecule has 0 heterocycles. The smallest absolute Gasteiger partial charge is 0.119 e. The van der Waals surface area contributed by atoms with Crippen molar-refractivity contribution in [3.63, 3.8) is 0 Å². The Balaban J connectivity index is 1.72. The lowest BCUT2D eigenvalue weighted by Gasteiger charge is -2.10. The van der Waals surface area contributed by atoms with Crippen molar-refractivity contribution in [3.05, 3.63) is 29.8 Å². The summed E-state index contributed by atoms with van der Waals surface area (Å²) in [6.07, 6.45) is 2.41. The predicted octanol–water partition coefficient (Wildman–Crippen LogP) is 4.00. The van der Waals surface area contributed by atoms with Gasteiger partial charge in [0.15, 0.2) is 0 Å². The van der Waals surface area contributed by atoms with E-state index >= 15 is 0 Å². The van der Waals surface area contributed by atoms with Crippen molar-refractivity contribution in [1.29, 1.82) is 0 Å². The van der Waals surface area contributed by atoms with Crippen molar-refractivity contribution in [2.75, 3.05) is 6.61 Å². The normalized spacial score (nSPS) is 20.6. The van der Waals surface area contributed by atoms with Gasteiger partial charge in [0.25, 0.3) is 0 Å². The summed E-state index contributed by atoms with van der Waals surface area (Å²) >= 11 is 0. The van der Waals surface area contributed by atoms with E-state index in [1.165, 1.54) is 12.0 Å². The van der Waals surface area contributed by atoms with E-state index in [9.17, 15) is 0 Å². The lowest BCUT2D eigenvalue weighted by molar-refractivity contribution is 0.289. The summed E-state index contributed by atoms with van der Waals surface area (Å²) in [5, 5.41) is 3.60. The van der Waals surface area contributed by atoms with Gasteiger partial charge in [0.2, 0.25) is 0 Å². The molecule has 1 aromatic rings. The van der Waals surface area contributed by atoms with Gasteiger partial charge in [-0.05, 0) is 41.9 Å². The fraction of sp³-hybridized carbons (Fsp3) is 0.647. The van der Waals surface area contributed by atoms with E-state index < -0.39 is 0 Å². The fourth-order valence-corrected chi connectivity index (χ4v) is 2.17. The maximum Gasteiger partial charge on any atom is 0.119 e. The summed E-state index contributed by atoms with van der Waals surface area (Å²) in [6.45, 7) is 10.8. The molecule has 1 fully saturated rings. The van der Waals surface area contributed by atoms with Crippen LogP contribution in [0, 0.1) is 11.3 Å². The van der Waals surface area contributed by atoms with E-state index in [1.54, 1.807) is 0 Å². The third-order valence-corrected chi connectivity index (χ3v) is 3.95. The summed E-state index contributed by atoms with van der Waals surface area (Å²) in [5.41, 5.74) is 1.83. The fourth-order valence-electron chi connectivity index (χ4n) is 2.17. The quantitative estimate of drug-likeness (QED) is 0.801. The van der Waals surface area contributed by atoms with E-state index in [2.05, 4.69) is 57.3 Å². The molecule has 1 atom stereocenters. The van der Waals surface area contributed by atoms with Crippen LogP contribution >= 0.6 is 0 Å². The molecule has 106 valence electrons. The van der Waals surface area contributed by atoms with Gasteiger partial charge in [0, 0.05) is 12.6 Å². The molecule has 0 aliphatic heterocycles. The van der Waals surface area contributed by atoms with E-state index in [0.717, 1.165) is 25.3 Å². The summed E-state index contributed by atoms with van der Waals surface area (Å²) in [7, 11) is 0. The van der Waals surface area contributed by atoms with Gasteiger partial charge in [-0.25, -0.2) is 0 Å². The van der Waals surface area contributed by atoms with Crippen molar-refractivity contribution >= 4 is 0 Å². The maximum absolute atomic E-state index is 5.72.